The molecule has 1 aliphatic carbocycles. The number of pyridine rings is 1. The van der Waals surface area contributed by atoms with Crippen molar-refractivity contribution in [2.24, 2.45) is 5.41 Å². The fraction of sp³-hybridized carbons (Fsp3) is 0.462. The molecule has 102 valence electrons. The van der Waals surface area contributed by atoms with E-state index in [0.29, 0.717) is 25.8 Å². The summed E-state index contributed by atoms with van der Waals surface area (Å²) >= 11 is 0. The van der Waals surface area contributed by atoms with Crippen LogP contribution in [0.1, 0.15) is 18.5 Å². The van der Waals surface area contributed by atoms with Crippen LogP contribution in [0.25, 0.3) is 0 Å². The van der Waals surface area contributed by atoms with Crippen LogP contribution in [0.4, 0.5) is 4.79 Å². The van der Waals surface area contributed by atoms with Gasteiger partial charge in [0.2, 0.25) is 0 Å². The monoisotopic (exact) mass is 263 g/mol. The van der Waals surface area contributed by atoms with Crippen LogP contribution in [0.2, 0.25) is 0 Å². The van der Waals surface area contributed by atoms with E-state index in [1.54, 1.807) is 6.20 Å². The molecule has 1 aliphatic rings. The molecule has 1 aromatic rings. The highest BCUT2D eigenvalue weighted by Crippen LogP contribution is 2.45. The number of carboxylic acid groups (broad SMARTS) is 1. The van der Waals surface area contributed by atoms with E-state index in [1.165, 1.54) is 0 Å². The number of amides is 2. The number of rotatable bonds is 6. The molecule has 0 bridgehead atoms. The van der Waals surface area contributed by atoms with Crippen LogP contribution in [0.3, 0.4) is 0 Å². The topological polar surface area (TPSA) is 91.3 Å². The molecule has 0 saturated heterocycles. The van der Waals surface area contributed by atoms with Gasteiger partial charge >= 0.3 is 12.0 Å². The van der Waals surface area contributed by atoms with Gasteiger partial charge in [-0.25, -0.2) is 4.79 Å². The van der Waals surface area contributed by atoms with Crippen molar-refractivity contribution in [3.63, 3.8) is 0 Å². The molecule has 0 radical (unpaired) electrons. The van der Waals surface area contributed by atoms with Crippen molar-refractivity contribution in [3.8, 4) is 0 Å². The van der Waals surface area contributed by atoms with E-state index in [9.17, 15) is 9.59 Å². The van der Waals surface area contributed by atoms with Gasteiger partial charge in [-0.1, -0.05) is 6.07 Å². The van der Waals surface area contributed by atoms with E-state index in [4.69, 9.17) is 5.11 Å². The molecule has 6 heteroatoms. The molecule has 0 atom stereocenters. The molecule has 1 fully saturated rings. The summed E-state index contributed by atoms with van der Waals surface area (Å²) in [6.45, 7) is 0.667. The summed E-state index contributed by atoms with van der Waals surface area (Å²) in [5, 5.41) is 14.3. The Morgan fingerprint density at radius 2 is 2.11 bits per heavy atom. The third-order valence-corrected chi connectivity index (χ3v) is 3.29. The minimum atomic E-state index is -0.832. The first kappa shape index (κ1) is 13.3. The molecular weight excluding hydrogens is 246 g/mol. The van der Waals surface area contributed by atoms with E-state index in [0.717, 1.165) is 5.69 Å². The second-order valence-electron chi connectivity index (χ2n) is 4.77. The average Bonchev–Trinajstić information content (AvgIpc) is 3.19. The van der Waals surface area contributed by atoms with Crippen molar-refractivity contribution in [2.45, 2.75) is 19.3 Å². The lowest BCUT2D eigenvalue weighted by atomic mass is 10.1. The van der Waals surface area contributed by atoms with E-state index >= 15 is 0 Å². The minimum Gasteiger partial charge on any atom is -0.481 e. The van der Waals surface area contributed by atoms with Gasteiger partial charge in [0.05, 0.1) is 5.41 Å². The molecule has 1 heterocycles. The Balaban J connectivity index is 1.64. The van der Waals surface area contributed by atoms with Gasteiger partial charge in [-0.3, -0.25) is 9.78 Å². The van der Waals surface area contributed by atoms with Crippen LogP contribution in [0.5, 0.6) is 0 Å². The maximum Gasteiger partial charge on any atom is 0.314 e. The lowest BCUT2D eigenvalue weighted by molar-refractivity contribution is -0.143. The molecule has 2 rings (SSSR count). The Hall–Kier alpha value is -2.11. The molecule has 0 aliphatic heterocycles. The number of hydrogen-bond acceptors (Lipinski definition) is 3. The first-order valence-electron chi connectivity index (χ1n) is 6.27. The number of nitrogens with zero attached hydrogens (tertiary/aromatic N) is 1. The van der Waals surface area contributed by atoms with Gasteiger partial charge in [-0.2, -0.15) is 0 Å². The minimum absolute atomic E-state index is 0.192. The number of aliphatic carboxylic acids is 1. The number of hydrogen-bond donors (Lipinski definition) is 3. The second kappa shape index (κ2) is 5.69. The van der Waals surface area contributed by atoms with Crippen LogP contribution in [0.15, 0.2) is 24.4 Å². The van der Waals surface area contributed by atoms with Crippen molar-refractivity contribution in [1.29, 1.82) is 0 Å². The average molecular weight is 263 g/mol. The third kappa shape index (κ3) is 3.67. The Kier molecular flexibility index (Phi) is 3.99. The first-order valence-corrected chi connectivity index (χ1v) is 6.27. The lowest BCUT2D eigenvalue weighted by Crippen LogP contribution is -2.41. The normalized spacial score (nSPS) is 15.6. The van der Waals surface area contributed by atoms with E-state index in [-0.39, 0.29) is 12.6 Å². The smallest absolute Gasteiger partial charge is 0.314 e. The molecule has 0 unspecified atom stereocenters. The van der Waals surface area contributed by atoms with Gasteiger partial charge < -0.3 is 15.7 Å². The SMILES string of the molecule is O=C(NCCc1ccccn1)NCC1(C(=O)O)CC1. The third-order valence-electron chi connectivity index (χ3n) is 3.29. The highest BCUT2D eigenvalue weighted by molar-refractivity contribution is 5.80. The van der Waals surface area contributed by atoms with E-state index < -0.39 is 11.4 Å². The van der Waals surface area contributed by atoms with Crippen molar-refractivity contribution in [3.05, 3.63) is 30.1 Å². The van der Waals surface area contributed by atoms with Crippen molar-refractivity contribution < 1.29 is 14.7 Å². The molecule has 6 nitrogen and oxygen atoms in total. The summed E-state index contributed by atoms with van der Waals surface area (Å²) in [6.07, 6.45) is 3.63. The van der Waals surface area contributed by atoms with Crippen LogP contribution in [0, 0.1) is 5.41 Å². The van der Waals surface area contributed by atoms with Crippen LogP contribution in [-0.2, 0) is 11.2 Å². The number of carboxylic acids is 1. The Morgan fingerprint density at radius 3 is 2.68 bits per heavy atom. The number of nitrogens with one attached hydrogen (secondary N) is 2. The number of carbonyl (C=O) groups is 2. The largest absolute Gasteiger partial charge is 0.481 e. The molecule has 0 aromatic carbocycles. The first-order chi connectivity index (χ1) is 9.12. The van der Waals surface area contributed by atoms with Crippen molar-refractivity contribution in [1.82, 2.24) is 15.6 Å². The Bertz CT molecular complexity index is 457. The van der Waals surface area contributed by atoms with Gasteiger partial charge in [0.15, 0.2) is 0 Å². The molecular formula is C13H17N3O3. The summed E-state index contributed by atoms with van der Waals surface area (Å²) in [5.41, 5.74) is 0.185. The molecule has 2 amide bonds. The number of urea groups is 1. The van der Waals surface area contributed by atoms with Gasteiger partial charge in [0.25, 0.3) is 0 Å². The van der Waals surface area contributed by atoms with Crippen LogP contribution in [-0.4, -0.2) is 35.2 Å². The maximum atomic E-state index is 11.5. The van der Waals surface area contributed by atoms with E-state index in [1.807, 2.05) is 18.2 Å². The van der Waals surface area contributed by atoms with Gasteiger partial charge in [0.1, 0.15) is 0 Å². The summed E-state index contributed by atoms with van der Waals surface area (Å²) < 4.78 is 0. The zero-order chi connectivity index (χ0) is 13.7. The number of aromatic nitrogens is 1. The lowest BCUT2D eigenvalue weighted by Gasteiger charge is -2.11. The fourth-order valence-electron chi connectivity index (χ4n) is 1.78. The Labute approximate surface area is 111 Å². The highest BCUT2D eigenvalue weighted by Gasteiger charge is 2.50. The summed E-state index contributed by atoms with van der Waals surface area (Å²) in [5.74, 6) is -0.832. The zero-order valence-corrected chi connectivity index (χ0v) is 10.6. The van der Waals surface area contributed by atoms with Crippen molar-refractivity contribution in [2.75, 3.05) is 13.1 Å². The van der Waals surface area contributed by atoms with E-state index in [2.05, 4.69) is 15.6 Å². The van der Waals surface area contributed by atoms with Crippen LogP contribution < -0.4 is 10.6 Å². The summed E-state index contributed by atoms with van der Waals surface area (Å²) in [4.78, 5) is 26.6. The summed E-state index contributed by atoms with van der Waals surface area (Å²) in [7, 11) is 0. The fourth-order valence-corrected chi connectivity index (χ4v) is 1.78. The highest BCUT2D eigenvalue weighted by atomic mass is 16.4. The van der Waals surface area contributed by atoms with Crippen LogP contribution >= 0.6 is 0 Å². The predicted molar refractivity (Wildman–Crippen MR) is 68.6 cm³/mol. The molecule has 3 N–H and O–H groups in total. The van der Waals surface area contributed by atoms with Crippen molar-refractivity contribution >= 4 is 12.0 Å². The molecule has 0 spiro atoms. The maximum absolute atomic E-state index is 11.5. The Morgan fingerprint density at radius 1 is 1.32 bits per heavy atom. The van der Waals surface area contributed by atoms with Gasteiger partial charge in [-0.05, 0) is 25.0 Å². The van der Waals surface area contributed by atoms with Gasteiger partial charge in [-0.15, -0.1) is 0 Å². The summed E-state index contributed by atoms with van der Waals surface area (Å²) in [6, 6.07) is 5.29. The molecule has 1 saturated carbocycles. The zero-order valence-electron chi connectivity index (χ0n) is 10.6. The predicted octanol–water partition coefficient (Wildman–Crippen LogP) is 0.788. The molecule has 19 heavy (non-hydrogen) atoms. The quantitative estimate of drug-likeness (QED) is 0.707. The van der Waals surface area contributed by atoms with Gasteiger partial charge in [0, 0.05) is 31.4 Å². The number of carbonyl (C=O) groups excluding carboxylic acids is 1. The molecule has 1 aromatic heterocycles. The standard InChI is InChI=1S/C13H17N3O3/c17-11(18)13(5-6-13)9-16-12(19)15-8-4-10-3-1-2-7-14-10/h1-3,7H,4-6,8-9H2,(H,17,18)(H2,15,16,19). The second-order valence-corrected chi connectivity index (χ2v) is 4.77.